The van der Waals surface area contributed by atoms with Gasteiger partial charge in [0.2, 0.25) is 5.89 Å². The first kappa shape index (κ1) is 11.2. The highest BCUT2D eigenvalue weighted by Gasteiger charge is 2.24. The molecule has 0 saturated carbocycles. The van der Waals surface area contributed by atoms with Gasteiger partial charge in [-0.25, -0.2) is 4.98 Å². The second-order valence-electron chi connectivity index (χ2n) is 5.01. The monoisotopic (exact) mass is 222 g/mol. The fourth-order valence-electron chi connectivity index (χ4n) is 1.59. The van der Waals surface area contributed by atoms with Crippen LogP contribution in [0.4, 0.5) is 0 Å². The second kappa shape index (κ2) is 4.29. The Morgan fingerprint density at radius 3 is 3.00 bits per heavy atom. The van der Waals surface area contributed by atoms with Crippen LogP contribution in [0.25, 0.3) is 0 Å². The molecule has 1 unspecified atom stereocenters. The van der Waals surface area contributed by atoms with Crippen molar-refractivity contribution in [1.82, 2.24) is 10.3 Å². The Kier molecular flexibility index (Phi) is 3.01. The molecule has 1 fully saturated rings. The van der Waals surface area contributed by atoms with E-state index in [9.17, 15) is 0 Å². The van der Waals surface area contributed by atoms with Gasteiger partial charge in [-0.15, -0.1) is 0 Å². The summed E-state index contributed by atoms with van der Waals surface area (Å²) in [5.74, 6) is 0.749. The van der Waals surface area contributed by atoms with Gasteiger partial charge in [0.25, 0.3) is 0 Å². The third-order valence-electron chi connectivity index (χ3n) is 2.37. The molecule has 88 valence electrons. The molecule has 0 aliphatic carbocycles. The summed E-state index contributed by atoms with van der Waals surface area (Å²) >= 11 is 0. The van der Waals surface area contributed by atoms with Gasteiger partial charge in [-0.2, -0.15) is 0 Å². The van der Waals surface area contributed by atoms with E-state index in [2.05, 4.69) is 10.3 Å². The maximum atomic E-state index is 5.63. The smallest absolute Gasteiger partial charge is 0.211 e. The van der Waals surface area contributed by atoms with Crippen LogP contribution in [-0.2, 0) is 4.74 Å². The molecule has 1 N–H and O–H groups in total. The van der Waals surface area contributed by atoms with E-state index in [0.717, 1.165) is 18.9 Å². The quantitative estimate of drug-likeness (QED) is 0.781. The highest BCUT2D eigenvalue weighted by molar-refractivity contribution is 5.13. The Bertz CT molecular complexity index is 363. The number of ether oxygens (including phenoxy) is 1. The standard InChI is InChI=1S/C12H18N2O2/c1-12(2,3)16-8-9-6-10(14-7-9)11-13-4-5-15-11/h4-5,8,10,14H,6-7H2,1-3H3/b9-8+. The first-order chi connectivity index (χ1) is 7.54. The fourth-order valence-corrected chi connectivity index (χ4v) is 1.59. The molecule has 1 aliphatic rings. The lowest BCUT2D eigenvalue weighted by molar-refractivity contribution is 0.0748. The van der Waals surface area contributed by atoms with Crippen LogP contribution < -0.4 is 5.32 Å². The first-order valence-electron chi connectivity index (χ1n) is 5.53. The van der Waals surface area contributed by atoms with Gasteiger partial charge < -0.3 is 14.5 Å². The average Bonchev–Trinajstić information content (AvgIpc) is 2.84. The molecular formula is C12H18N2O2. The minimum Gasteiger partial charge on any atom is -0.496 e. The van der Waals surface area contributed by atoms with E-state index >= 15 is 0 Å². The van der Waals surface area contributed by atoms with Crippen molar-refractivity contribution in [3.05, 3.63) is 30.2 Å². The van der Waals surface area contributed by atoms with Crippen molar-refractivity contribution in [1.29, 1.82) is 0 Å². The van der Waals surface area contributed by atoms with Gasteiger partial charge in [0.15, 0.2) is 0 Å². The van der Waals surface area contributed by atoms with Gasteiger partial charge in [0.1, 0.15) is 6.26 Å². The molecule has 2 rings (SSSR count). The van der Waals surface area contributed by atoms with Gasteiger partial charge in [-0.3, -0.25) is 0 Å². The zero-order valence-electron chi connectivity index (χ0n) is 9.99. The summed E-state index contributed by atoms with van der Waals surface area (Å²) in [4.78, 5) is 4.14. The van der Waals surface area contributed by atoms with Crippen molar-refractivity contribution in [3.63, 3.8) is 0 Å². The summed E-state index contributed by atoms with van der Waals surface area (Å²) in [6.07, 6.45) is 6.03. The normalized spacial score (nSPS) is 23.9. The van der Waals surface area contributed by atoms with Gasteiger partial charge >= 0.3 is 0 Å². The Morgan fingerprint density at radius 1 is 1.56 bits per heavy atom. The number of aromatic nitrogens is 1. The summed E-state index contributed by atoms with van der Waals surface area (Å²) in [5.41, 5.74) is 1.12. The summed E-state index contributed by atoms with van der Waals surface area (Å²) in [6, 6.07) is 0.185. The van der Waals surface area contributed by atoms with Crippen LogP contribution >= 0.6 is 0 Å². The second-order valence-corrected chi connectivity index (χ2v) is 5.01. The summed E-state index contributed by atoms with van der Waals surface area (Å²) in [5, 5.41) is 3.34. The maximum Gasteiger partial charge on any atom is 0.211 e. The van der Waals surface area contributed by atoms with Crippen LogP contribution in [0, 0.1) is 0 Å². The summed E-state index contributed by atoms with van der Waals surface area (Å²) in [7, 11) is 0. The molecule has 1 atom stereocenters. The zero-order valence-corrected chi connectivity index (χ0v) is 9.99. The van der Waals surface area contributed by atoms with E-state index in [-0.39, 0.29) is 11.6 Å². The van der Waals surface area contributed by atoms with Crippen molar-refractivity contribution < 1.29 is 9.15 Å². The predicted octanol–water partition coefficient (Wildman–Crippen LogP) is 2.41. The number of rotatable bonds is 2. The topological polar surface area (TPSA) is 47.3 Å². The Labute approximate surface area is 95.7 Å². The summed E-state index contributed by atoms with van der Waals surface area (Å²) in [6.45, 7) is 6.96. The van der Waals surface area contributed by atoms with Gasteiger partial charge in [0, 0.05) is 6.54 Å². The number of nitrogens with zero attached hydrogens (tertiary/aromatic N) is 1. The molecular weight excluding hydrogens is 204 g/mol. The van der Waals surface area contributed by atoms with Crippen LogP contribution in [-0.4, -0.2) is 17.1 Å². The van der Waals surface area contributed by atoms with E-state index in [4.69, 9.17) is 9.15 Å². The van der Waals surface area contributed by atoms with Gasteiger partial charge in [0.05, 0.1) is 24.1 Å². The molecule has 1 aromatic heterocycles. The number of nitrogens with one attached hydrogen (secondary N) is 1. The molecule has 0 spiro atoms. The van der Waals surface area contributed by atoms with Crippen molar-refractivity contribution in [2.75, 3.05) is 6.54 Å². The number of oxazole rings is 1. The van der Waals surface area contributed by atoms with E-state index < -0.39 is 0 Å². The Hall–Kier alpha value is -1.29. The van der Waals surface area contributed by atoms with E-state index in [0.29, 0.717) is 0 Å². The molecule has 4 nitrogen and oxygen atoms in total. The molecule has 0 aromatic carbocycles. The predicted molar refractivity (Wildman–Crippen MR) is 60.8 cm³/mol. The molecule has 1 saturated heterocycles. The third-order valence-corrected chi connectivity index (χ3v) is 2.37. The Morgan fingerprint density at radius 2 is 2.38 bits per heavy atom. The van der Waals surface area contributed by atoms with Crippen LogP contribution in [0.15, 0.2) is 28.7 Å². The third kappa shape index (κ3) is 2.85. The lowest BCUT2D eigenvalue weighted by Crippen LogP contribution is -2.16. The van der Waals surface area contributed by atoms with Gasteiger partial charge in [-0.05, 0) is 32.8 Å². The highest BCUT2D eigenvalue weighted by Crippen LogP contribution is 2.26. The van der Waals surface area contributed by atoms with Crippen molar-refractivity contribution in [3.8, 4) is 0 Å². The van der Waals surface area contributed by atoms with Crippen molar-refractivity contribution in [2.24, 2.45) is 0 Å². The molecule has 4 heteroatoms. The van der Waals surface area contributed by atoms with Crippen molar-refractivity contribution >= 4 is 0 Å². The van der Waals surface area contributed by atoms with Crippen LogP contribution in [0.2, 0.25) is 0 Å². The molecule has 1 aromatic rings. The number of hydrogen-bond donors (Lipinski definition) is 1. The van der Waals surface area contributed by atoms with Crippen LogP contribution in [0.1, 0.15) is 39.1 Å². The maximum absolute atomic E-state index is 5.63. The fraction of sp³-hybridized carbons (Fsp3) is 0.583. The first-order valence-corrected chi connectivity index (χ1v) is 5.53. The van der Waals surface area contributed by atoms with E-state index in [1.165, 1.54) is 5.57 Å². The SMILES string of the molecule is CC(C)(C)O/C=C1/CNC(c2ncco2)C1. The number of hydrogen-bond acceptors (Lipinski definition) is 4. The zero-order chi connectivity index (χ0) is 11.6. The van der Waals surface area contributed by atoms with Crippen LogP contribution in [0.5, 0.6) is 0 Å². The van der Waals surface area contributed by atoms with Crippen molar-refractivity contribution in [2.45, 2.75) is 38.8 Å². The minimum atomic E-state index is -0.131. The van der Waals surface area contributed by atoms with E-state index in [1.807, 2.05) is 27.0 Å². The lowest BCUT2D eigenvalue weighted by Gasteiger charge is -2.18. The Balaban J connectivity index is 1.93. The largest absolute Gasteiger partial charge is 0.496 e. The van der Waals surface area contributed by atoms with Gasteiger partial charge in [-0.1, -0.05) is 0 Å². The average molecular weight is 222 g/mol. The minimum absolute atomic E-state index is 0.131. The lowest BCUT2D eigenvalue weighted by atomic mass is 10.1. The van der Waals surface area contributed by atoms with E-state index in [1.54, 1.807) is 12.5 Å². The molecule has 1 aliphatic heterocycles. The molecule has 2 heterocycles. The summed E-state index contributed by atoms with van der Waals surface area (Å²) < 4.78 is 10.9. The molecule has 16 heavy (non-hydrogen) atoms. The molecule has 0 radical (unpaired) electrons. The molecule has 0 bridgehead atoms. The molecule has 0 amide bonds. The van der Waals surface area contributed by atoms with Crippen LogP contribution in [0.3, 0.4) is 0 Å². The highest BCUT2D eigenvalue weighted by atomic mass is 16.5.